The number of carboxylic acid groups (broad SMARTS) is 1. The standard InChI is InChI=1S/C18H27N3O3/c1-19-10-15(18(22)23)11-21-8-7-20(13-16(21)12-19)9-14-3-5-17(24-2)6-4-14/h3-6,15-16H,7-13H2,1-2H3,(H,22,23). The third kappa shape index (κ3) is 4.06. The lowest BCUT2D eigenvalue weighted by Crippen LogP contribution is -2.55. The van der Waals surface area contributed by atoms with Crippen molar-refractivity contribution in [1.29, 1.82) is 0 Å². The Bertz CT molecular complexity index is 563. The van der Waals surface area contributed by atoms with E-state index in [1.54, 1.807) is 7.11 Å². The van der Waals surface area contributed by atoms with Crippen molar-refractivity contribution in [2.45, 2.75) is 12.6 Å². The first-order chi connectivity index (χ1) is 11.5. The molecule has 6 nitrogen and oxygen atoms in total. The number of likely N-dealkylation sites (N-methyl/N-ethyl adjacent to an activating group) is 1. The number of carboxylic acids is 1. The molecule has 0 saturated carbocycles. The molecule has 2 atom stereocenters. The number of hydrogen-bond acceptors (Lipinski definition) is 5. The Balaban J connectivity index is 1.61. The Hall–Kier alpha value is -1.63. The van der Waals surface area contributed by atoms with Crippen LogP contribution in [-0.2, 0) is 11.3 Å². The third-order valence-electron chi connectivity index (χ3n) is 5.11. The summed E-state index contributed by atoms with van der Waals surface area (Å²) in [5.41, 5.74) is 1.29. The Labute approximate surface area is 143 Å². The van der Waals surface area contributed by atoms with E-state index in [1.165, 1.54) is 5.56 Å². The smallest absolute Gasteiger partial charge is 0.309 e. The predicted molar refractivity (Wildman–Crippen MR) is 92.3 cm³/mol. The number of ether oxygens (including phenoxy) is 1. The van der Waals surface area contributed by atoms with E-state index in [9.17, 15) is 9.90 Å². The van der Waals surface area contributed by atoms with Crippen LogP contribution in [0.25, 0.3) is 0 Å². The number of methoxy groups -OCH3 is 1. The monoisotopic (exact) mass is 333 g/mol. The Morgan fingerprint density at radius 3 is 2.58 bits per heavy atom. The molecule has 6 heteroatoms. The fourth-order valence-corrected chi connectivity index (χ4v) is 3.81. The summed E-state index contributed by atoms with van der Waals surface area (Å²) in [5.74, 6) is -0.0787. The zero-order chi connectivity index (χ0) is 17.1. The van der Waals surface area contributed by atoms with Crippen LogP contribution in [0, 0.1) is 5.92 Å². The lowest BCUT2D eigenvalue weighted by Gasteiger charge is -2.41. The highest BCUT2D eigenvalue weighted by atomic mass is 16.5. The van der Waals surface area contributed by atoms with Crippen molar-refractivity contribution in [2.24, 2.45) is 5.92 Å². The molecule has 1 N–H and O–H groups in total. The molecule has 2 unspecified atom stereocenters. The van der Waals surface area contributed by atoms with E-state index >= 15 is 0 Å². The van der Waals surface area contributed by atoms with Crippen molar-refractivity contribution in [2.75, 3.05) is 53.4 Å². The molecule has 1 aromatic rings. The maximum Gasteiger partial charge on any atom is 0.309 e. The Kier molecular flexibility index (Phi) is 5.38. The van der Waals surface area contributed by atoms with Gasteiger partial charge in [0.2, 0.25) is 0 Å². The largest absolute Gasteiger partial charge is 0.497 e. The van der Waals surface area contributed by atoms with Gasteiger partial charge in [0.15, 0.2) is 0 Å². The highest BCUT2D eigenvalue weighted by Crippen LogP contribution is 2.20. The molecular formula is C18H27N3O3. The number of nitrogens with zero attached hydrogens (tertiary/aromatic N) is 3. The molecule has 1 aromatic carbocycles. The van der Waals surface area contributed by atoms with E-state index in [1.807, 2.05) is 19.2 Å². The van der Waals surface area contributed by atoms with Gasteiger partial charge < -0.3 is 14.7 Å². The second kappa shape index (κ2) is 7.51. The fourth-order valence-electron chi connectivity index (χ4n) is 3.81. The van der Waals surface area contributed by atoms with Gasteiger partial charge in [0.05, 0.1) is 13.0 Å². The molecule has 2 saturated heterocycles. The van der Waals surface area contributed by atoms with Crippen LogP contribution in [0.1, 0.15) is 5.56 Å². The lowest BCUT2D eigenvalue weighted by atomic mass is 10.1. The topological polar surface area (TPSA) is 56.3 Å². The third-order valence-corrected chi connectivity index (χ3v) is 5.11. The average Bonchev–Trinajstić information content (AvgIpc) is 2.73. The minimum absolute atomic E-state index is 0.284. The number of rotatable bonds is 4. The van der Waals surface area contributed by atoms with E-state index in [4.69, 9.17) is 4.74 Å². The summed E-state index contributed by atoms with van der Waals surface area (Å²) in [4.78, 5) is 18.4. The molecule has 0 amide bonds. The second-order valence-electron chi connectivity index (χ2n) is 6.99. The number of benzene rings is 1. The molecule has 0 aromatic heterocycles. The van der Waals surface area contributed by atoms with Crippen LogP contribution in [0.4, 0.5) is 0 Å². The van der Waals surface area contributed by atoms with Gasteiger partial charge in [0.1, 0.15) is 5.75 Å². The second-order valence-corrected chi connectivity index (χ2v) is 6.99. The minimum Gasteiger partial charge on any atom is -0.497 e. The van der Waals surface area contributed by atoms with E-state index in [-0.39, 0.29) is 5.92 Å². The number of carbonyl (C=O) groups is 1. The van der Waals surface area contributed by atoms with Crippen molar-refractivity contribution in [3.63, 3.8) is 0 Å². The van der Waals surface area contributed by atoms with Gasteiger partial charge in [-0.05, 0) is 24.7 Å². The minimum atomic E-state index is -0.678. The molecule has 2 aliphatic rings. The molecule has 0 radical (unpaired) electrons. The Morgan fingerprint density at radius 2 is 1.92 bits per heavy atom. The quantitative estimate of drug-likeness (QED) is 0.881. The first-order valence-electron chi connectivity index (χ1n) is 8.56. The van der Waals surface area contributed by atoms with Gasteiger partial charge in [-0.3, -0.25) is 14.6 Å². The van der Waals surface area contributed by atoms with Crippen LogP contribution in [0.2, 0.25) is 0 Å². The molecule has 2 heterocycles. The maximum absolute atomic E-state index is 11.4. The van der Waals surface area contributed by atoms with Crippen molar-refractivity contribution in [3.8, 4) is 5.75 Å². The van der Waals surface area contributed by atoms with Gasteiger partial charge in [-0.2, -0.15) is 0 Å². The van der Waals surface area contributed by atoms with Gasteiger partial charge in [-0.15, -0.1) is 0 Å². The molecule has 0 spiro atoms. The normalized spacial score (nSPS) is 26.6. The summed E-state index contributed by atoms with van der Waals surface area (Å²) in [6, 6.07) is 8.65. The molecular weight excluding hydrogens is 306 g/mol. The summed E-state index contributed by atoms with van der Waals surface area (Å²) in [6.07, 6.45) is 0. The number of piperazine rings is 1. The van der Waals surface area contributed by atoms with Gasteiger partial charge in [-0.1, -0.05) is 12.1 Å². The van der Waals surface area contributed by atoms with Crippen LogP contribution >= 0.6 is 0 Å². The number of hydrogen-bond donors (Lipinski definition) is 1. The summed E-state index contributed by atoms with van der Waals surface area (Å²) >= 11 is 0. The van der Waals surface area contributed by atoms with Crippen molar-refractivity contribution in [3.05, 3.63) is 29.8 Å². The Morgan fingerprint density at radius 1 is 1.17 bits per heavy atom. The molecule has 3 rings (SSSR count). The van der Waals surface area contributed by atoms with E-state index in [0.717, 1.165) is 38.5 Å². The van der Waals surface area contributed by atoms with Crippen LogP contribution in [-0.4, -0.2) is 85.2 Å². The van der Waals surface area contributed by atoms with Gasteiger partial charge in [0.25, 0.3) is 0 Å². The molecule has 2 aliphatic heterocycles. The predicted octanol–water partition coefficient (Wildman–Crippen LogP) is 0.828. The molecule has 2 fully saturated rings. The number of fused-ring (bicyclic) bond motifs is 1. The van der Waals surface area contributed by atoms with Crippen LogP contribution in [0.3, 0.4) is 0 Å². The van der Waals surface area contributed by atoms with Gasteiger partial charge >= 0.3 is 5.97 Å². The highest BCUT2D eigenvalue weighted by Gasteiger charge is 2.35. The van der Waals surface area contributed by atoms with Crippen LogP contribution in [0.15, 0.2) is 24.3 Å². The maximum atomic E-state index is 11.4. The lowest BCUT2D eigenvalue weighted by molar-refractivity contribution is -0.142. The first kappa shape index (κ1) is 17.2. The van der Waals surface area contributed by atoms with Crippen molar-refractivity contribution >= 4 is 5.97 Å². The number of aliphatic carboxylic acids is 1. The van der Waals surface area contributed by atoms with Crippen molar-refractivity contribution < 1.29 is 14.6 Å². The summed E-state index contributed by atoms with van der Waals surface area (Å²) in [5, 5.41) is 9.39. The van der Waals surface area contributed by atoms with Crippen LogP contribution in [0.5, 0.6) is 5.75 Å². The van der Waals surface area contributed by atoms with Crippen molar-refractivity contribution in [1.82, 2.24) is 14.7 Å². The first-order valence-corrected chi connectivity index (χ1v) is 8.56. The average molecular weight is 333 g/mol. The fraction of sp³-hybridized carbons (Fsp3) is 0.611. The summed E-state index contributed by atoms with van der Waals surface area (Å²) < 4.78 is 5.21. The van der Waals surface area contributed by atoms with E-state index < -0.39 is 5.97 Å². The summed E-state index contributed by atoms with van der Waals surface area (Å²) in [7, 11) is 3.71. The van der Waals surface area contributed by atoms with E-state index in [2.05, 4.69) is 26.8 Å². The molecule has 24 heavy (non-hydrogen) atoms. The molecule has 0 bridgehead atoms. The van der Waals surface area contributed by atoms with E-state index in [0.29, 0.717) is 19.1 Å². The zero-order valence-corrected chi connectivity index (χ0v) is 14.5. The van der Waals surface area contributed by atoms with Crippen LogP contribution < -0.4 is 4.74 Å². The van der Waals surface area contributed by atoms with Gasteiger partial charge in [0, 0.05) is 51.9 Å². The van der Waals surface area contributed by atoms with Gasteiger partial charge in [-0.25, -0.2) is 0 Å². The zero-order valence-electron chi connectivity index (χ0n) is 14.5. The molecule has 0 aliphatic carbocycles. The molecule has 132 valence electrons. The SMILES string of the molecule is COc1ccc(CN2CCN3CC(C(=O)O)CN(C)CC3C2)cc1. The highest BCUT2D eigenvalue weighted by molar-refractivity contribution is 5.70. The summed E-state index contributed by atoms with van der Waals surface area (Å²) in [6.45, 7) is 6.09.